The largest absolute Gasteiger partial charge is 0.379 e. The van der Waals surface area contributed by atoms with E-state index in [4.69, 9.17) is 4.74 Å². The molecule has 1 aromatic carbocycles. The number of nitrogens with zero attached hydrogens (tertiary/aromatic N) is 1. The highest BCUT2D eigenvalue weighted by molar-refractivity contribution is 7.89. The molecule has 0 saturated carbocycles. The molecule has 2 heterocycles. The minimum Gasteiger partial charge on any atom is -0.379 e. The van der Waals surface area contributed by atoms with Crippen molar-refractivity contribution >= 4 is 33.0 Å². The number of hydrogen-bond donors (Lipinski definition) is 1. The van der Waals surface area contributed by atoms with E-state index in [-0.39, 0.29) is 10.8 Å². The molecule has 1 N–H and O–H groups in total. The number of hydrogen-bond acceptors (Lipinski definition) is 5. The second-order valence-corrected chi connectivity index (χ2v) is 9.03. The Kier molecular flexibility index (Phi) is 5.24. The molecule has 0 atom stereocenters. The first-order chi connectivity index (χ1) is 11.9. The number of benzene rings is 1. The number of amides is 1. The van der Waals surface area contributed by atoms with Crippen LogP contribution >= 0.6 is 11.3 Å². The molecule has 1 aliphatic heterocycles. The molecule has 2 aromatic rings. The van der Waals surface area contributed by atoms with Gasteiger partial charge in [0, 0.05) is 23.7 Å². The van der Waals surface area contributed by atoms with Gasteiger partial charge < -0.3 is 10.1 Å². The molecular weight excluding hydrogens is 360 g/mol. The maximum Gasteiger partial charge on any atom is 0.265 e. The third kappa shape index (κ3) is 3.92. The van der Waals surface area contributed by atoms with E-state index in [0.29, 0.717) is 41.7 Å². The number of thiophene rings is 1. The monoisotopic (exact) mass is 380 g/mol. The smallest absolute Gasteiger partial charge is 0.265 e. The van der Waals surface area contributed by atoms with Crippen molar-refractivity contribution in [3.8, 4) is 0 Å². The van der Waals surface area contributed by atoms with Gasteiger partial charge in [0.25, 0.3) is 5.91 Å². The number of ether oxygens (including phenoxy) is 1. The molecule has 1 amide bonds. The molecule has 0 bridgehead atoms. The van der Waals surface area contributed by atoms with Gasteiger partial charge in [-0.25, -0.2) is 8.42 Å². The topological polar surface area (TPSA) is 75.7 Å². The van der Waals surface area contributed by atoms with E-state index < -0.39 is 10.0 Å². The first-order valence-electron chi connectivity index (χ1n) is 7.94. The molecule has 1 aliphatic rings. The van der Waals surface area contributed by atoms with Gasteiger partial charge in [-0.1, -0.05) is 17.7 Å². The Morgan fingerprint density at radius 1 is 1.16 bits per heavy atom. The van der Waals surface area contributed by atoms with Gasteiger partial charge in [0.1, 0.15) is 0 Å². The predicted molar refractivity (Wildman–Crippen MR) is 97.8 cm³/mol. The van der Waals surface area contributed by atoms with E-state index in [1.54, 1.807) is 6.92 Å². The summed E-state index contributed by atoms with van der Waals surface area (Å²) in [5, 5.41) is 2.80. The van der Waals surface area contributed by atoms with Crippen LogP contribution in [0.1, 0.15) is 20.1 Å². The van der Waals surface area contributed by atoms with Crippen LogP contribution in [0.25, 0.3) is 0 Å². The third-order valence-electron chi connectivity index (χ3n) is 3.99. The molecule has 1 aromatic heterocycles. The lowest BCUT2D eigenvalue weighted by atomic mass is 10.2. The molecule has 0 aliphatic carbocycles. The lowest BCUT2D eigenvalue weighted by Gasteiger charge is -2.25. The molecular formula is C17H20N2O4S2. The van der Waals surface area contributed by atoms with Gasteiger partial charge in [-0.15, -0.1) is 11.3 Å². The highest BCUT2D eigenvalue weighted by Crippen LogP contribution is 2.29. The molecule has 25 heavy (non-hydrogen) atoms. The van der Waals surface area contributed by atoms with Crippen LogP contribution in [0, 0.1) is 13.8 Å². The van der Waals surface area contributed by atoms with Gasteiger partial charge in [0.05, 0.1) is 23.0 Å². The summed E-state index contributed by atoms with van der Waals surface area (Å²) in [4.78, 5) is 13.6. The average Bonchev–Trinajstić information content (AvgIpc) is 3.00. The fraction of sp³-hybridized carbons (Fsp3) is 0.353. The van der Waals surface area contributed by atoms with Crippen molar-refractivity contribution in [2.24, 2.45) is 0 Å². The molecule has 3 rings (SSSR count). The van der Waals surface area contributed by atoms with Crippen LogP contribution in [-0.4, -0.2) is 44.9 Å². The highest BCUT2D eigenvalue weighted by Gasteiger charge is 2.30. The fourth-order valence-electron chi connectivity index (χ4n) is 2.59. The van der Waals surface area contributed by atoms with Crippen molar-refractivity contribution in [3.63, 3.8) is 0 Å². The molecule has 8 heteroatoms. The van der Waals surface area contributed by atoms with Crippen LogP contribution < -0.4 is 5.32 Å². The van der Waals surface area contributed by atoms with Gasteiger partial charge >= 0.3 is 0 Å². The Hall–Kier alpha value is -1.74. The molecule has 0 spiro atoms. The van der Waals surface area contributed by atoms with Gasteiger partial charge in [-0.3, -0.25) is 4.79 Å². The second-order valence-electron chi connectivity index (χ2n) is 5.87. The zero-order chi connectivity index (χ0) is 18.0. The normalized spacial score (nSPS) is 15.9. The Morgan fingerprint density at radius 2 is 1.80 bits per heavy atom. The molecule has 1 fully saturated rings. The first-order valence-corrected chi connectivity index (χ1v) is 10.2. The summed E-state index contributed by atoms with van der Waals surface area (Å²) in [6.07, 6.45) is 0. The van der Waals surface area contributed by atoms with Gasteiger partial charge in [0.2, 0.25) is 10.0 Å². The van der Waals surface area contributed by atoms with E-state index in [1.165, 1.54) is 21.7 Å². The van der Waals surface area contributed by atoms with Crippen molar-refractivity contribution in [2.75, 3.05) is 31.6 Å². The van der Waals surface area contributed by atoms with E-state index in [9.17, 15) is 13.2 Å². The summed E-state index contributed by atoms with van der Waals surface area (Å²) >= 11 is 1.19. The fourth-order valence-corrected chi connectivity index (χ4v) is 5.45. The zero-order valence-electron chi connectivity index (χ0n) is 14.1. The van der Waals surface area contributed by atoms with Gasteiger partial charge in [0.15, 0.2) is 0 Å². The van der Waals surface area contributed by atoms with E-state index in [1.807, 2.05) is 31.2 Å². The number of carbonyl (C=O) groups is 1. The van der Waals surface area contributed by atoms with Crippen molar-refractivity contribution < 1.29 is 17.9 Å². The van der Waals surface area contributed by atoms with Crippen LogP contribution in [0.2, 0.25) is 0 Å². The average molecular weight is 380 g/mol. The maximum atomic E-state index is 12.8. The summed E-state index contributed by atoms with van der Waals surface area (Å²) < 4.78 is 32.2. The summed E-state index contributed by atoms with van der Waals surface area (Å²) in [7, 11) is -3.60. The molecule has 0 unspecified atom stereocenters. The molecule has 1 saturated heterocycles. The van der Waals surface area contributed by atoms with E-state index >= 15 is 0 Å². The van der Waals surface area contributed by atoms with Crippen LogP contribution in [0.5, 0.6) is 0 Å². The summed E-state index contributed by atoms with van der Waals surface area (Å²) in [6, 6.07) is 8.92. The number of rotatable bonds is 4. The Labute approximate surface area is 151 Å². The summed E-state index contributed by atoms with van der Waals surface area (Å²) in [5.41, 5.74) is 1.78. The Bertz CT molecular complexity index is 867. The number of morpholine rings is 1. The molecule has 0 radical (unpaired) electrons. The Morgan fingerprint density at radius 3 is 2.44 bits per heavy atom. The highest BCUT2D eigenvalue weighted by atomic mass is 32.2. The second kappa shape index (κ2) is 7.25. The minimum absolute atomic E-state index is 0.202. The number of carbonyl (C=O) groups excluding carboxylic acids is 1. The maximum absolute atomic E-state index is 12.8. The van der Waals surface area contributed by atoms with Gasteiger partial charge in [-0.05, 0) is 32.0 Å². The van der Waals surface area contributed by atoms with Crippen LogP contribution in [0.4, 0.5) is 5.69 Å². The Balaban J connectivity index is 1.81. The van der Waals surface area contributed by atoms with Gasteiger partial charge in [-0.2, -0.15) is 4.31 Å². The molecule has 6 nitrogen and oxygen atoms in total. The van der Waals surface area contributed by atoms with Crippen LogP contribution in [0.15, 0.2) is 35.2 Å². The van der Waals surface area contributed by atoms with Crippen molar-refractivity contribution in [1.29, 1.82) is 0 Å². The number of sulfonamides is 1. The van der Waals surface area contributed by atoms with Crippen molar-refractivity contribution in [1.82, 2.24) is 4.31 Å². The minimum atomic E-state index is -3.60. The summed E-state index contributed by atoms with van der Waals surface area (Å²) in [5.74, 6) is -0.305. The lowest BCUT2D eigenvalue weighted by molar-refractivity contribution is 0.0730. The SMILES string of the molecule is Cc1ccc(NC(=O)c2cc(S(=O)(=O)N3CCOCC3)c(C)s2)cc1. The standard InChI is InChI=1S/C17H20N2O4S2/c1-12-3-5-14(6-4-12)18-17(20)15-11-16(13(2)24-15)25(21,22)19-7-9-23-10-8-19/h3-6,11H,7-10H2,1-2H3,(H,18,20). The van der Waals surface area contributed by atoms with Crippen molar-refractivity contribution in [3.05, 3.63) is 45.6 Å². The first kappa shape index (κ1) is 18.1. The molecule has 134 valence electrons. The third-order valence-corrected chi connectivity index (χ3v) is 7.20. The van der Waals surface area contributed by atoms with E-state index in [2.05, 4.69) is 5.32 Å². The lowest BCUT2D eigenvalue weighted by Crippen LogP contribution is -2.40. The van der Waals surface area contributed by atoms with E-state index in [0.717, 1.165) is 5.56 Å². The van der Waals surface area contributed by atoms with Crippen LogP contribution in [0.3, 0.4) is 0 Å². The zero-order valence-corrected chi connectivity index (χ0v) is 15.7. The number of nitrogens with one attached hydrogen (secondary N) is 1. The van der Waals surface area contributed by atoms with Crippen molar-refractivity contribution in [2.45, 2.75) is 18.7 Å². The number of anilines is 1. The quantitative estimate of drug-likeness (QED) is 0.885. The van der Waals surface area contributed by atoms with Crippen LogP contribution in [-0.2, 0) is 14.8 Å². The predicted octanol–water partition coefficient (Wildman–Crippen LogP) is 2.64. The summed E-state index contributed by atoms with van der Waals surface area (Å²) in [6.45, 7) is 5.15. The number of aryl methyl sites for hydroxylation is 2.